The number of rotatable bonds is 5. The van der Waals surface area contributed by atoms with Gasteiger partial charge in [0.05, 0.1) is 11.0 Å². The smallest absolute Gasteiger partial charge is 0.270 e. The van der Waals surface area contributed by atoms with Crippen molar-refractivity contribution in [3.8, 4) is 0 Å². The molecule has 0 bridgehead atoms. The van der Waals surface area contributed by atoms with E-state index < -0.39 is 0 Å². The first-order chi connectivity index (χ1) is 16.0. The van der Waals surface area contributed by atoms with Crippen LogP contribution in [0, 0.1) is 5.92 Å². The van der Waals surface area contributed by atoms with Crippen LogP contribution in [0.4, 0.5) is 5.82 Å². The van der Waals surface area contributed by atoms with Gasteiger partial charge in [-0.2, -0.15) is 0 Å². The van der Waals surface area contributed by atoms with E-state index in [4.69, 9.17) is 23.2 Å². The number of nitrogens with one attached hydrogen (secondary N) is 2. The minimum Gasteiger partial charge on any atom is -0.370 e. The summed E-state index contributed by atoms with van der Waals surface area (Å²) in [6.07, 6.45) is 4.05. The summed E-state index contributed by atoms with van der Waals surface area (Å²) in [5, 5.41) is 9.97. The number of fused-ring (bicyclic) bond motifs is 2. The first-order valence-electron chi connectivity index (χ1n) is 11.2. The molecule has 0 aliphatic heterocycles. The standard InChI is InChI=1S/C26H24Cl2N4O/c27-19-5-10-22-17(13-19)3-9-24(31-22)26(33)30-21-7-1-16(2-8-21)15-29-25-12-4-18-14-20(28)6-11-23(18)32-25/h3-6,9-14,16,21H,1-2,7-8,15H2,(H,29,32)(H,30,33)/t16-,21-. The van der Waals surface area contributed by atoms with Crippen LogP contribution in [0.3, 0.4) is 0 Å². The lowest BCUT2D eigenvalue weighted by Crippen LogP contribution is -2.38. The van der Waals surface area contributed by atoms with E-state index >= 15 is 0 Å². The highest BCUT2D eigenvalue weighted by atomic mass is 35.5. The van der Waals surface area contributed by atoms with E-state index in [0.29, 0.717) is 16.6 Å². The molecule has 1 saturated carbocycles. The zero-order valence-electron chi connectivity index (χ0n) is 18.0. The maximum absolute atomic E-state index is 12.7. The molecule has 168 valence electrons. The summed E-state index contributed by atoms with van der Waals surface area (Å²) in [6.45, 7) is 0.877. The third kappa shape index (κ3) is 5.21. The molecule has 33 heavy (non-hydrogen) atoms. The lowest BCUT2D eigenvalue weighted by atomic mass is 9.86. The van der Waals surface area contributed by atoms with Gasteiger partial charge in [0.1, 0.15) is 11.5 Å². The van der Waals surface area contributed by atoms with E-state index in [1.807, 2.05) is 48.5 Å². The number of aromatic nitrogens is 2. The van der Waals surface area contributed by atoms with Crippen LogP contribution < -0.4 is 10.6 Å². The largest absolute Gasteiger partial charge is 0.370 e. The summed E-state index contributed by atoms with van der Waals surface area (Å²) < 4.78 is 0. The maximum atomic E-state index is 12.7. The van der Waals surface area contributed by atoms with Gasteiger partial charge in [0, 0.05) is 33.4 Å². The fraction of sp³-hybridized carbons (Fsp3) is 0.269. The molecule has 1 aliphatic carbocycles. The molecule has 0 spiro atoms. The Morgan fingerprint density at radius 2 is 1.45 bits per heavy atom. The van der Waals surface area contributed by atoms with Crippen LogP contribution >= 0.6 is 23.2 Å². The molecule has 2 aromatic carbocycles. The van der Waals surface area contributed by atoms with Gasteiger partial charge < -0.3 is 10.6 Å². The molecule has 1 fully saturated rings. The number of hydrogen-bond donors (Lipinski definition) is 2. The molecule has 1 aliphatic rings. The molecule has 0 radical (unpaired) electrons. The minimum absolute atomic E-state index is 0.117. The number of carbonyl (C=O) groups excluding carboxylic acids is 1. The highest BCUT2D eigenvalue weighted by molar-refractivity contribution is 6.31. The fourth-order valence-electron chi connectivity index (χ4n) is 4.44. The summed E-state index contributed by atoms with van der Waals surface area (Å²) in [7, 11) is 0. The van der Waals surface area contributed by atoms with Crippen molar-refractivity contribution in [3.63, 3.8) is 0 Å². The third-order valence-electron chi connectivity index (χ3n) is 6.29. The van der Waals surface area contributed by atoms with Crippen LogP contribution in [0.5, 0.6) is 0 Å². The molecule has 0 saturated heterocycles. The Balaban J connectivity index is 1.12. The van der Waals surface area contributed by atoms with Gasteiger partial charge in [0.2, 0.25) is 0 Å². The maximum Gasteiger partial charge on any atom is 0.270 e. The topological polar surface area (TPSA) is 66.9 Å². The zero-order chi connectivity index (χ0) is 22.8. The number of carbonyl (C=O) groups is 1. The average Bonchev–Trinajstić information content (AvgIpc) is 2.83. The molecule has 2 aromatic heterocycles. The van der Waals surface area contributed by atoms with Gasteiger partial charge in [-0.25, -0.2) is 9.97 Å². The molecule has 5 rings (SSSR count). The summed E-state index contributed by atoms with van der Waals surface area (Å²) in [4.78, 5) is 21.9. The van der Waals surface area contributed by atoms with Crippen molar-refractivity contribution in [2.45, 2.75) is 31.7 Å². The SMILES string of the molecule is O=C(N[C@H]1CC[C@H](CNc2ccc3cc(Cl)ccc3n2)CC1)c1ccc2cc(Cl)ccc2n1. The molecule has 2 N–H and O–H groups in total. The van der Waals surface area contributed by atoms with Crippen molar-refractivity contribution in [2.24, 2.45) is 5.92 Å². The van der Waals surface area contributed by atoms with Gasteiger partial charge in [-0.3, -0.25) is 4.79 Å². The van der Waals surface area contributed by atoms with Gasteiger partial charge in [-0.1, -0.05) is 29.3 Å². The lowest BCUT2D eigenvalue weighted by molar-refractivity contribution is 0.0918. The molecule has 7 heteroatoms. The van der Waals surface area contributed by atoms with Gasteiger partial charge in [0.25, 0.3) is 5.91 Å². The Kier molecular flexibility index (Phi) is 6.34. The number of halogens is 2. The average molecular weight is 479 g/mol. The van der Waals surface area contributed by atoms with Crippen molar-refractivity contribution in [1.82, 2.24) is 15.3 Å². The highest BCUT2D eigenvalue weighted by Crippen LogP contribution is 2.26. The summed E-state index contributed by atoms with van der Waals surface area (Å²) in [5.74, 6) is 1.32. The number of amides is 1. The van der Waals surface area contributed by atoms with Crippen molar-refractivity contribution < 1.29 is 4.79 Å². The molecule has 2 heterocycles. The Labute approximate surface area is 202 Å². The molecule has 0 unspecified atom stereocenters. The van der Waals surface area contributed by atoms with E-state index in [-0.39, 0.29) is 11.9 Å². The molecule has 5 nitrogen and oxygen atoms in total. The van der Waals surface area contributed by atoms with E-state index in [1.54, 1.807) is 12.1 Å². The monoisotopic (exact) mass is 478 g/mol. The second kappa shape index (κ2) is 9.54. The zero-order valence-corrected chi connectivity index (χ0v) is 19.5. The van der Waals surface area contributed by atoms with E-state index in [9.17, 15) is 4.79 Å². The highest BCUT2D eigenvalue weighted by Gasteiger charge is 2.23. The van der Waals surface area contributed by atoms with Gasteiger partial charge in [0.15, 0.2) is 0 Å². The second-order valence-corrected chi connectivity index (χ2v) is 9.51. The van der Waals surface area contributed by atoms with Crippen molar-refractivity contribution >= 4 is 56.7 Å². The van der Waals surface area contributed by atoms with Crippen LogP contribution in [0.2, 0.25) is 10.0 Å². The summed E-state index contributed by atoms with van der Waals surface area (Å²) in [5.41, 5.74) is 2.14. The van der Waals surface area contributed by atoms with Crippen molar-refractivity contribution in [3.05, 3.63) is 76.4 Å². The predicted octanol–water partition coefficient (Wildman–Crippen LogP) is 6.49. The molecule has 0 atom stereocenters. The minimum atomic E-state index is -0.117. The van der Waals surface area contributed by atoms with Gasteiger partial charge in [-0.15, -0.1) is 0 Å². The van der Waals surface area contributed by atoms with E-state index in [1.165, 1.54) is 0 Å². The van der Waals surface area contributed by atoms with Crippen molar-refractivity contribution in [2.75, 3.05) is 11.9 Å². The number of hydrogen-bond acceptors (Lipinski definition) is 4. The second-order valence-electron chi connectivity index (χ2n) is 8.64. The quantitative estimate of drug-likeness (QED) is 0.343. The van der Waals surface area contributed by atoms with Gasteiger partial charge in [-0.05, 0) is 86.2 Å². The fourth-order valence-corrected chi connectivity index (χ4v) is 4.80. The van der Waals surface area contributed by atoms with E-state index in [2.05, 4.69) is 20.6 Å². The first-order valence-corrected chi connectivity index (χ1v) is 12.0. The number of nitrogens with zero attached hydrogens (tertiary/aromatic N) is 2. The lowest BCUT2D eigenvalue weighted by Gasteiger charge is -2.29. The number of anilines is 1. The van der Waals surface area contributed by atoms with E-state index in [0.717, 1.165) is 64.9 Å². The predicted molar refractivity (Wildman–Crippen MR) is 135 cm³/mol. The van der Waals surface area contributed by atoms with Crippen LogP contribution in [0.25, 0.3) is 21.8 Å². The molecule has 4 aromatic rings. The summed E-state index contributed by atoms with van der Waals surface area (Å²) >= 11 is 12.1. The number of benzene rings is 2. The normalized spacial score (nSPS) is 18.4. The first kappa shape index (κ1) is 21.9. The Morgan fingerprint density at radius 3 is 2.15 bits per heavy atom. The van der Waals surface area contributed by atoms with Crippen LogP contribution in [0.15, 0.2) is 60.7 Å². The van der Waals surface area contributed by atoms with Gasteiger partial charge >= 0.3 is 0 Å². The van der Waals surface area contributed by atoms with Crippen LogP contribution in [-0.4, -0.2) is 28.5 Å². The summed E-state index contributed by atoms with van der Waals surface area (Å²) in [6, 6.07) is 19.1. The van der Waals surface area contributed by atoms with Crippen LogP contribution in [0.1, 0.15) is 36.2 Å². The Bertz CT molecular complexity index is 1320. The third-order valence-corrected chi connectivity index (χ3v) is 6.76. The van der Waals surface area contributed by atoms with Crippen LogP contribution in [-0.2, 0) is 0 Å². The Morgan fingerprint density at radius 1 is 0.818 bits per heavy atom. The van der Waals surface area contributed by atoms with Crippen molar-refractivity contribution in [1.29, 1.82) is 0 Å². The molecular weight excluding hydrogens is 455 g/mol. The number of pyridine rings is 2. The molecular formula is C26H24Cl2N4O. The Hall–Kier alpha value is -2.89. The molecule has 1 amide bonds.